The van der Waals surface area contributed by atoms with Crippen molar-refractivity contribution in [3.63, 3.8) is 0 Å². The Kier molecular flexibility index (Phi) is 5.94. The molecule has 148 valence electrons. The molecule has 6 nitrogen and oxygen atoms in total. The highest BCUT2D eigenvalue weighted by Gasteiger charge is 2.17. The van der Waals surface area contributed by atoms with Crippen LogP contribution in [0.25, 0.3) is 11.3 Å². The van der Waals surface area contributed by atoms with Gasteiger partial charge in [-0.15, -0.1) is 0 Å². The fourth-order valence-electron chi connectivity index (χ4n) is 2.59. The third-order valence-electron chi connectivity index (χ3n) is 3.91. The molecule has 0 saturated carbocycles. The molecule has 29 heavy (non-hydrogen) atoms. The van der Waals surface area contributed by atoms with Crippen molar-refractivity contribution < 1.29 is 9.59 Å². The van der Waals surface area contributed by atoms with Crippen molar-refractivity contribution in [2.45, 2.75) is 26.3 Å². The first-order chi connectivity index (χ1) is 13.7. The zero-order valence-electron chi connectivity index (χ0n) is 16.4. The second-order valence-electron chi connectivity index (χ2n) is 7.50. The molecule has 2 amide bonds. The summed E-state index contributed by atoms with van der Waals surface area (Å²) in [7, 11) is 0. The molecule has 0 unspecified atom stereocenters. The number of pyridine rings is 2. The number of hydrogen-bond acceptors (Lipinski definition) is 4. The van der Waals surface area contributed by atoms with Crippen LogP contribution < -0.4 is 10.6 Å². The Labute approximate surface area is 174 Å². The number of rotatable bonds is 4. The Morgan fingerprint density at radius 1 is 0.966 bits per heavy atom. The number of anilines is 1. The van der Waals surface area contributed by atoms with Crippen LogP contribution in [0.3, 0.4) is 0 Å². The molecule has 0 bridgehead atoms. The minimum Gasteiger partial charge on any atom is -0.346 e. The third kappa shape index (κ3) is 5.39. The number of carbonyl (C=O) groups is 2. The molecule has 0 aliphatic rings. The summed E-state index contributed by atoms with van der Waals surface area (Å²) in [5.74, 6) is -0.628. The maximum Gasteiger partial charge on any atom is 0.270 e. The highest BCUT2D eigenvalue weighted by Crippen LogP contribution is 2.29. The topological polar surface area (TPSA) is 84.0 Å². The Hall–Kier alpha value is -3.25. The average Bonchev–Trinajstić information content (AvgIpc) is 2.69. The van der Waals surface area contributed by atoms with Gasteiger partial charge in [0.2, 0.25) is 0 Å². The predicted molar refractivity (Wildman–Crippen MR) is 114 cm³/mol. The van der Waals surface area contributed by atoms with Gasteiger partial charge in [-0.25, -0.2) is 0 Å². The molecule has 0 saturated heterocycles. The number of nitrogens with one attached hydrogen (secondary N) is 2. The number of carbonyl (C=O) groups excluding carboxylic acids is 2. The molecule has 0 aliphatic carbocycles. The standard InChI is InChI=1S/C22H21ClN4O2/c1-22(2,3)27-21(29)19-10-7-14(13-25-19)20(28)26-15-8-9-17(23)16(12-15)18-6-4-5-11-24-18/h4-13H,1-3H3,(H,26,28)(H,27,29). The van der Waals surface area contributed by atoms with E-state index in [1.165, 1.54) is 12.3 Å². The van der Waals surface area contributed by atoms with Crippen LogP contribution in [0.15, 0.2) is 60.9 Å². The van der Waals surface area contributed by atoms with Crippen LogP contribution in [0, 0.1) is 0 Å². The van der Waals surface area contributed by atoms with Crippen molar-refractivity contribution >= 4 is 29.1 Å². The largest absolute Gasteiger partial charge is 0.346 e. The van der Waals surface area contributed by atoms with Gasteiger partial charge in [-0.05, 0) is 63.2 Å². The minimum absolute atomic E-state index is 0.250. The first-order valence-corrected chi connectivity index (χ1v) is 9.41. The summed E-state index contributed by atoms with van der Waals surface area (Å²) < 4.78 is 0. The number of halogens is 1. The van der Waals surface area contributed by atoms with Crippen LogP contribution in [0.2, 0.25) is 5.02 Å². The summed E-state index contributed by atoms with van der Waals surface area (Å²) in [5.41, 5.74) is 2.23. The van der Waals surface area contributed by atoms with Gasteiger partial charge in [0.25, 0.3) is 11.8 Å². The van der Waals surface area contributed by atoms with E-state index in [1.54, 1.807) is 30.5 Å². The zero-order chi connectivity index (χ0) is 21.0. The number of benzene rings is 1. The fraction of sp³-hybridized carbons (Fsp3) is 0.182. The first kappa shape index (κ1) is 20.5. The molecule has 1 aromatic carbocycles. The van der Waals surface area contributed by atoms with E-state index in [1.807, 2.05) is 39.0 Å². The lowest BCUT2D eigenvalue weighted by Crippen LogP contribution is -2.40. The van der Waals surface area contributed by atoms with Gasteiger partial charge in [0, 0.05) is 29.2 Å². The molecule has 3 rings (SSSR count). The maximum atomic E-state index is 12.6. The molecule has 7 heteroatoms. The molecule has 0 radical (unpaired) electrons. The Morgan fingerprint density at radius 2 is 1.76 bits per heavy atom. The van der Waals surface area contributed by atoms with E-state index in [0.717, 1.165) is 5.56 Å². The first-order valence-electron chi connectivity index (χ1n) is 9.04. The predicted octanol–water partition coefficient (Wildman–Crippen LogP) is 4.58. The summed E-state index contributed by atoms with van der Waals surface area (Å²) in [6.07, 6.45) is 3.06. The normalized spacial score (nSPS) is 11.0. The van der Waals surface area contributed by atoms with Crippen LogP contribution in [-0.2, 0) is 0 Å². The van der Waals surface area contributed by atoms with Gasteiger partial charge in [0.05, 0.1) is 16.3 Å². The Bertz CT molecular complexity index is 1030. The van der Waals surface area contributed by atoms with Crippen molar-refractivity contribution in [1.29, 1.82) is 0 Å². The van der Waals surface area contributed by atoms with E-state index in [-0.39, 0.29) is 23.0 Å². The second kappa shape index (κ2) is 8.41. The zero-order valence-corrected chi connectivity index (χ0v) is 17.1. The molecule has 0 aliphatic heterocycles. The highest BCUT2D eigenvalue weighted by molar-refractivity contribution is 6.33. The fourth-order valence-corrected chi connectivity index (χ4v) is 2.81. The van der Waals surface area contributed by atoms with Gasteiger partial charge in [0.1, 0.15) is 5.69 Å². The smallest absolute Gasteiger partial charge is 0.270 e. The summed E-state index contributed by atoms with van der Waals surface area (Å²) in [6, 6.07) is 13.8. The minimum atomic E-state index is -0.366. The van der Waals surface area contributed by atoms with Gasteiger partial charge in [-0.1, -0.05) is 17.7 Å². The second-order valence-corrected chi connectivity index (χ2v) is 7.91. The Balaban J connectivity index is 1.75. The van der Waals surface area contributed by atoms with E-state index in [4.69, 9.17) is 11.6 Å². The van der Waals surface area contributed by atoms with Crippen molar-refractivity contribution in [1.82, 2.24) is 15.3 Å². The summed E-state index contributed by atoms with van der Waals surface area (Å²) >= 11 is 6.28. The van der Waals surface area contributed by atoms with Gasteiger partial charge in [-0.2, -0.15) is 0 Å². The highest BCUT2D eigenvalue weighted by atomic mass is 35.5. The lowest BCUT2D eigenvalue weighted by atomic mass is 10.1. The van der Waals surface area contributed by atoms with E-state index < -0.39 is 0 Å². The molecule has 0 atom stereocenters. The van der Waals surface area contributed by atoms with Crippen molar-refractivity contribution in [3.05, 3.63) is 77.2 Å². The van der Waals surface area contributed by atoms with Gasteiger partial charge >= 0.3 is 0 Å². The monoisotopic (exact) mass is 408 g/mol. The number of hydrogen-bond donors (Lipinski definition) is 2. The lowest BCUT2D eigenvalue weighted by Gasteiger charge is -2.20. The molecular formula is C22H21ClN4O2. The molecule has 2 aromatic heterocycles. The molecule has 2 heterocycles. The van der Waals surface area contributed by atoms with Crippen LogP contribution >= 0.6 is 11.6 Å². The van der Waals surface area contributed by atoms with Crippen LogP contribution in [0.1, 0.15) is 41.6 Å². The quantitative estimate of drug-likeness (QED) is 0.661. The van der Waals surface area contributed by atoms with E-state index >= 15 is 0 Å². The van der Waals surface area contributed by atoms with Crippen LogP contribution in [-0.4, -0.2) is 27.3 Å². The number of amides is 2. The number of aromatic nitrogens is 2. The maximum absolute atomic E-state index is 12.6. The van der Waals surface area contributed by atoms with E-state index in [0.29, 0.717) is 22.0 Å². The SMILES string of the molecule is CC(C)(C)NC(=O)c1ccc(C(=O)Nc2ccc(Cl)c(-c3ccccn3)c2)cn1. The van der Waals surface area contributed by atoms with E-state index in [9.17, 15) is 9.59 Å². The molecule has 2 N–H and O–H groups in total. The molecule has 0 spiro atoms. The van der Waals surface area contributed by atoms with Crippen molar-refractivity contribution in [2.24, 2.45) is 0 Å². The summed E-state index contributed by atoms with van der Waals surface area (Å²) in [5, 5.41) is 6.19. The third-order valence-corrected chi connectivity index (χ3v) is 4.24. The summed E-state index contributed by atoms with van der Waals surface area (Å²) in [4.78, 5) is 33.1. The van der Waals surface area contributed by atoms with Gasteiger partial charge in [-0.3, -0.25) is 19.6 Å². The summed E-state index contributed by atoms with van der Waals surface area (Å²) in [6.45, 7) is 5.66. The van der Waals surface area contributed by atoms with E-state index in [2.05, 4.69) is 20.6 Å². The molecular weight excluding hydrogens is 388 g/mol. The molecule has 0 fully saturated rings. The Morgan fingerprint density at radius 3 is 2.38 bits per heavy atom. The van der Waals surface area contributed by atoms with Crippen molar-refractivity contribution in [2.75, 3.05) is 5.32 Å². The molecule has 3 aromatic rings. The van der Waals surface area contributed by atoms with Crippen molar-refractivity contribution in [3.8, 4) is 11.3 Å². The van der Waals surface area contributed by atoms with Crippen LogP contribution in [0.4, 0.5) is 5.69 Å². The number of nitrogens with zero attached hydrogens (tertiary/aromatic N) is 2. The lowest BCUT2D eigenvalue weighted by molar-refractivity contribution is 0.0912. The van der Waals surface area contributed by atoms with Crippen LogP contribution in [0.5, 0.6) is 0 Å². The van der Waals surface area contributed by atoms with Gasteiger partial charge < -0.3 is 10.6 Å². The average molecular weight is 409 g/mol. The van der Waals surface area contributed by atoms with Gasteiger partial charge in [0.15, 0.2) is 0 Å².